The zero-order valence-corrected chi connectivity index (χ0v) is 11.3. The van der Waals surface area contributed by atoms with E-state index in [2.05, 4.69) is 43.0 Å². The summed E-state index contributed by atoms with van der Waals surface area (Å²) < 4.78 is 0. The average Bonchev–Trinajstić information content (AvgIpc) is 2.71. The minimum absolute atomic E-state index is 0.621. The van der Waals surface area contributed by atoms with Gasteiger partial charge in [0.15, 0.2) is 0 Å². The minimum atomic E-state index is 0.621. The Labute approximate surface area is 101 Å². The molecular formula is C14H28N2. The van der Waals surface area contributed by atoms with E-state index < -0.39 is 0 Å². The summed E-state index contributed by atoms with van der Waals surface area (Å²) in [6.07, 6.45) is 13.2. The molecule has 0 bridgehead atoms. The number of nitrogens with zero attached hydrogens (tertiary/aromatic N) is 2. The highest BCUT2D eigenvalue weighted by atomic mass is 15.4. The summed E-state index contributed by atoms with van der Waals surface area (Å²) in [4.78, 5) is 4.95. The Morgan fingerprint density at radius 1 is 0.875 bits per heavy atom. The standard InChI is InChI=1S/C14H28N2/c1-4-7-8-9-10-11-16-13-12-15(6-3)14(16)5-2/h12-14H,4-11H2,1-3H3. The second-order valence-electron chi connectivity index (χ2n) is 4.67. The van der Waals surface area contributed by atoms with E-state index in [1.807, 2.05) is 0 Å². The molecule has 94 valence electrons. The van der Waals surface area contributed by atoms with Crippen LogP contribution in [0.4, 0.5) is 0 Å². The second kappa shape index (κ2) is 7.59. The van der Waals surface area contributed by atoms with Crippen LogP contribution in [0.2, 0.25) is 0 Å². The van der Waals surface area contributed by atoms with Crippen molar-refractivity contribution in [1.82, 2.24) is 9.80 Å². The Morgan fingerprint density at radius 3 is 2.19 bits per heavy atom. The summed E-state index contributed by atoms with van der Waals surface area (Å²) >= 11 is 0. The molecule has 1 unspecified atom stereocenters. The maximum Gasteiger partial charge on any atom is 0.100 e. The average molecular weight is 224 g/mol. The molecule has 0 saturated heterocycles. The van der Waals surface area contributed by atoms with Gasteiger partial charge >= 0.3 is 0 Å². The predicted octanol–water partition coefficient (Wildman–Crippen LogP) is 3.80. The Hall–Kier alpha value is -0.660. The number of unbranched alkanes of at least 4 members (excludes halogenated alkanes) is 4. The van der Waals surface area contributed by atoms with Crippen molar-refractivity contribution in [2.75, 3.05) is 13.1 Å². The maximum absolute atomic E-state index is 2.51. The van der Waals surface area contributed by atoms with E-state index in [9.17, 15) is 0 Å². The van der Waals surface area contributed by atoms with Gasteiger partial charge in [0.1, 0.15) is 6.17 Å². The van der Waals surface area contributed by atoms with Gasteiger partial charge in [-0.3, -0.25) is 0 Å². The topological polar surface area (TPSA) is 6.48 Å². The van der Waals surface area contributed by atoms with Crippen molar-refractivity contribution < 1.29 is 0 Å². The molecule has 2 heteroatoms. The lowest BCUT2D eigenvalue weighted by Gasteiger charge is -2.31. The fourth-order valence-electron chi connectivity index (χ4n) is 2.47. The van der Waals surface area contributed by atoms with E-state index in [0.29, 0.717) is 6.17 Å². The summed E-state index contributed by atoms with van der Waals surface area (Å²) in [5.41, 5.74) is 0. The smallest absolute Gasteiger partial charge is 0.100 e. The van der Waals surface area contributed by atoms with Gasteiger partial charge in [0.2, 0.25) is 0 Å². The van der Waals surface area contributed by atoms with Crippen LogP contribution >= 0.6 is 0 Å². The van der Waals surface area contributed by atoms with Gasteiger partial charge in [-0.15, -0.1) is 0 Å². The summed E-state index contributed by atoms with van der Waals surface area (Å²) in [7, 11) is 0. The molecular weight excluding hydrogens is 196 g/mol. The van der Waals surface area contributed by atoms with Crippen molar-refractivity contribution >= 4 is 0 Å². The van der Waals surface area contributed by atoms with Gasteiger partial charge in [0.25, 0.3) is 0 Å². The summed E-state index contributed by atoms with van der Waals surface area (Å²) in [6.45, 7) is 9.15. The summed E-state index contributed by atoms with van der Waals surface area (Å²) in [5.74, 6) is 0. The Balaban J connectivity index is 2.19. The van der Waals surface area contributed by atoms with E-state index in [1.54, 1.807) is 0 Å². The maximum atomic E-state index is 2.51. The van der Waals surface area contributed by atoms with Crippen LogP contribution in [0.1, 0.15) is 59.3 Å². The molecule has 0 N–H and O–H groups in total. The fraction of sp³-hybridized carbons (Fsp3) is 0.857. The number of hydrogen-bond acceptors (Lipinski definition) is 2. The van der Waals surface area contributed by atoms with Gasteiger partial charge in [0, 0.05) is 25.5 Å². The molecule has 0 saturated carbocycles. The molecule has 0 amide bonds. The van der Waals surface area contributed by atoms with Crippen molar-refractivity contribution in [3.63, 3.8) is 0 Å². The Morgan fingerprint density at radius 2 is 1.56 bits per heavy atom. The zero-order chi connectivity index (χ0) is 11.8. The zero-order valence-electron chi connectivity index (χ0n) is 11.3. The molecule has 16 heavy (non-hydrogen) atoms. The molecule has 0 radical (unpaired) electrons. The van der Waals surface area contributed by atoms with E-state index in [-0.39, 0.29) is 0 Å². The van der Waals surface area contributed by atoms with Crippen LogP contribution in [-0.4, -0.2) is 29.1 Å². The normalized spacial score (nSPS) is 19.8. The molecule has 1 heterocycles. The molecule has 1 aliphatic heterocycles. The molecule has 0 fully saturated rings. The highest BCUT2D eigenvalue weighted by Gasteiger charge is 2.22. The highest BCUT2D eigenvalue weighted by molar-refractivity contribution is 4.95. The molecule has 0 aromatic heterocycles. The monoisotopic (exact) mass is 224 g/mol. The van der Waals surface area contributed by atoms with Crippen LogP contribution in [0.25, 0.3) is 0 Å². The van der Waals surface area contributed by atoms with Gasteiger partial charge in [-0.05, 0) is 19.8 Å². The van der Waals surface area contributed by atoms with Gasteiger partial charge in [0.05, 0.1) is 0 Å². The van der Waals surface area contributed by atoms with Crippen LogP contribution in [-0.2, 0) is 0 Å². The molecule has 1 aliphatic rings. The first-order valence-corrected chi connectivity index (χ1v) is 7.03. The molecule has 0 spiro atoms. The number of rotatable bonds is 8. The van der Waals surface area contributed by atoms with Gasteiger partial charge in [-0.25, -0.2) is 0 Å². The van der Waals surface area contributed by atoms with Crippen LogP contribution < -0.4 is 0 Å². The third kappa shape index (κ3) is 3.73. The molecule has 0 aliphatic carbocycles. The Bertz CT molecular complexity index is 201. The molecule has 1 atom stereocenters. The highest BCUT2D eigenvalue weighted by Crippen LogP contribution is 2.19. The van der Waals surface area contributed by atoms with E-state index in [0.717, 1.165) is 6.54 Å². The summed E-state index contributed by atoms with van der Waals surface area (Å²) in [5, 5.41) is 0. The van der Waals surface area contributed by atoms with Crippen molar-refractivity contribution in [2.24, 2.45) is 0 Å². The largest absolute Gasteiger partial charge is 0.356 e. The van der Waals surface area contributed by atoms with Crippen LogP contribution in [0.3, 0.4) is 0 Å². The fourth-order valence-corrected chi connectivity index (χ4v) is 2.47. The predicted molar refractivity (Wildman–Crippen MR) is 71.1 cm³/mol. The van der Waals surface area contributed by atoms with Crippen molar-refractivity contribution in [3.8, 4) is 0 Å². The third-order valence-corrected chi connectivity index (χ3v) is 3.47. The van der Waals surface area contributed by atoms with E-state index in [1.165, 1.54) is 45.1 Å². The lowest BCUT2D eigenvalue weighted by Crippen LogP contribution is -2.38. The van der Waals surface area contributed by atoms with Crippen LogP contribution in [0.5, 0.6) is 0 Å². The lowest BCUT2D eigenvalue weighted by atomic mass is 10.1. The first kappa shape index (κ1) is 13.4. The molecule has 1 rings (SSSR count). The van der Waals surface area contributed by atoms with Crippen molar-refractivity contribution in [2.45, 2.75) is 65.5 Å². The van der Waals surface area contributed by atoms with E-state index in [4.69, 9.17) is 0 Å². The van der Waals surface area contributed by atoms with E-state index >= 15 is 0 Å². The minimum Gasteiger partial charge on any atom is -0.356 e. The molecule has 2 nitrogen and oxygen atoms in total. The molecule has 0 aromatic rings. The van der Waals surface area contributed by atoms with Gasteiger partial charge in [-0.1, -0.05) is 39.5 Å². The van der Waals surface area contributed by atoms with Gasteiger partial charge in [-0.2, -0.15) is 0 Å². The van der Waals surface area contributed by atoms with Gasteiger partial charge < -0.3 is 9.80 Å². The van der Waals surface area contributed by atoms with Crippen LogP contribution in [0, 0.1) is 0 Å². The van der Waals surface area contributed by atoms with Crippen molar-refractivity contribution in [1.29, 1.82) is 0 Å². The second-order valence-corrected chi connectivity index (χ2v) is 4.67. The Kier molecular flexibility index (Phi) is 6.36. The first-order chi connectivity index (χ1) is 7.83. The lowest BCUT2D eigenvalue weighted by molar-refractivity contribution is 0.151. The third-order valence-electron chi connectivity index (χ3n) is 3.47. The van der Waals surface area contributed by atoms with Crippen molar-refractivity contribution in [3.05, 3.63) is 12.4 Å². The SMILES string of the molecule is CCCCCCCN1C=CN(CC)C1CC. The first-order valence-electron chi connectivity index (χ1n) is 7.03. The van der Waals surface area contributed by atoms with Crippen LogP contribution in [0.15, 0.2) is 12.4 Å². The summed E-state index contributed by atoms with van der Waals surface area (Å²) in [6, 6.07) is 0. The quantitative estimate of drug-likeness (QED) is 0.579. The number of hydrogen-bond donors (Lipinski definition) is 0. The molecule has 0 aromatic carbocycles.